The van der Waals surface area contributed by atoms with E-state index >= 15 is 0 Å². The lowest BCUT2D eigenvalue weighted by atomic mass is 9.98. The average molecular weight is 452 g/mol. The molecule has 1 saturated heterocycles. The van der Waals surface area contributed by atoms with Crippen LogP contribution in [0.1, 0.15) is 29.9 Å². The van der Waals surface area contributed by atoms with E-state index in [4.69, 9.17) is 4.74 Å². The molecule has 2 N–H and O–H groups in total. The smallest absolute Gasteiger partial charge is 0.407 e. The summed E-state index contributed by atoms with van der Waals surface area (Å²) in [7, 11) is 3.58. The van der Waals surface area contributed by atoms with Gasteiger partial charge >= 0.3 is 12.1 Å². The predicted octanol–water partition coefficient (Wildman–Crippen LogP) is 2.53. The molecule has 0 aromatic heterocycles. The largest absolute Gasteiger partial charge is 0.480 e. The summed E-state index contributed by atoms with van der Waals surface area (Å²) in [5.41, 5.74) is 4.48. The number of amides is 2. The minimum absolute atomic E-state index is 0.0823. The van der Waals surface area contributed by atoms with Gasteiger partial charge in [-0.3, -0.25) is 4.79 Å². The summed E-state index contributed by atoms with van der Waals surface area (Å²) in [6.45, 7) is 0.752. The summed E-state index contributed by atoms with van der Waals surface area (Å²) < 4.78 is 5.58. The van der Waals surface area contributed by atoms with Gasteiger partial charge in [-0.15, -0.1) is 0 Å². The van der Waals surface area contributed by atoms with Crippen LogP contribution in [0.15, 0.2) is 48.5 Å². The van der Waals surface area contributed by atoms with Gasteiger partial charge in [0.25, 0.3) is 0 Å². The molecule has 8 nitrogen and oxygen atoms in total. The van der Waals surface area contributed by atoms with E-state index in [1.165, 1.54) is 4.90 Å². The second-order valence-electron chi connectivity index (χ2n) is 8.81. The molecule has 2 aromatic carbocycles. The van der Waals surface area contributed by atoms with E-state index in [-0.39, 0.29) is 19.1 Å². The lowest BCUT2D eigenvalue weighted by Gasteiger charge is -2.28. The fourth-order valence-corrected chi connectivity index (χ4v) is 4.82. The molecule has 33 heavy (non-hydrogen) atoms. The molecule has 0 saturated carbocycles. The van der Waals surface area contributed by atoms with Gasteiger partial charge < -0.3 is 25.0 Å². The second kappa shape index (κ2) is 9.62. The van der Waals surface area contributed by atoms with Crippen LogP contribution < -0.4 is 5.32 Å². The number of hydrogen-bond donors (Lipinski definition) is 2. The normalized spacial score (nSPS) is 18.0. The molecule has 174 valence electrons. The first-order valence-electron chi connectivity index (χ1n) is 11.2. The number of aliphatic carboxylic acids is 1. The van der Waals surface area contributed by atoms with Crippen molar-refractivity contribution in [2.75, 3.05) is 33.8 Å². The summed E-state index contributed by atoms with van der Waals surface area (Å²) in [6, 6.07) is 14.4. The molecular formula is C25H29N3O5. The van der Waals surface area contributed by atoms with Crippen LogP contribution in [0.4, 0.5) is 4.79 Å². The highest BCUT2D eigenvalue weighted by atomic mass is 16.5. The van der Waals surface area contributed by atoms with Crippen LogP contribution in [0, 0.1) is 0 Å². The number of nitrogens with one attached hydrogen (secondary N) is 1. The number of likely N-dealkylation sites (N-methyl/N-ethyl adjacent to an activating group) is 1. The fraction of sp³-hybridized carbons (Fsp3) is 0.400. The monoisotopic (exact) mass is 451 g/mol. The molecule has 1 heterocycles. The van der Waals surface area contributed by atoms with Crippen molar-refractivity contribution in [1.29, 1.82) is 0 Å². The van der Waals surface area contributed by atoms with Gasteiger partial charge in [-0.2, -0.15) is 0 Å². The standard InChI is InChI=1S/C25H29N3O5/c1-27(2)14-21(23(29)28-13-7-12-22(28)24(30)31)26-25(32)33-15-20-18-10-5-3-8-16(18)17-9-4-6-11-19(17)20/h3-6,8-11,20-22H,7,12-15H2,1-2H3,(H,26,32)(H,30,31)/t21-,22-/m0/s1. The summed E-state index contributed by atoms with van der Waals surface area (Å²) in [5.74, 6) is -1.51. The van der Waals surface area contributed by atoms with E-state index in [1.54, 1.807) is 19.0 Å². The molecule has 2 amide bonds. The maximum absolute atomic E-state index is 13.1. The molecule has 2 aliphatic rings. The summed E-state index contributed by atoms with van der Waals surface area (Å²) >= 11 is 0. The van der Waals surface area contributed by atoms with E-state index in [0.717, 1.165) is 22.3 Å². The van der Waals surface area contributed by atoms with Crippen molar-refractivity contribution in [2.24, 2.45) is 0 Å². The third-order valence-electron chi connectivity index (χ3n) is 6.30. The number of hydrogen-bond acceptors (Lipinski definition) is 5. The number of ether oxygens (including phenoxy) is 1. The topological polar surface area (TPSA) is 99.2 Å². The molecule has 2 aromatic rings. The third-order valence-corrected chi connectivity index (χ3v) is 6.30. The molecule has 2 atom stereocenters. The van der Waals surface area contributed by atoms with E-state index in [0.29, 0.717) is 19.4 Å². The Bertz CT molecular complexity index is 1010. The summed E-state index contributed by atoms with van der Waals surface area (Å²) in [6.07, 6.45) is 0.353. The Morgan fingerprint density at radius 1 is 1.09 bits per heavy atom. The molecule has 0 unspecified atom stereocenters. The molecule has 0 radical (unpaired) electrons. The van der Waals surface area contributed by atoms with Crippen LogP contribution >= 0.6 is 0 Å². The number of rotatable bonds is 7. The molecule has 4 rings (SSSR count). The van der Waals surface area contributed by atoms with Gasteiger partial charge in [-0.25, -0.2) is 9.59 Å². The van der Waals surface area contributed by atoms with Gasteiger partial charge in [-0.1, -0.05) is 48.5 Å². The van der Waals surface area contributed by atoms with Crippen LogP contribution in [0.5, 0.6) is 0 Å². The minimum atomic E-state index is -1.02. The number of alkyl carbamates (subject to hydrolysis) is 1. The van der Waals surface area contributed by atoms with Crippen molar-refractivity contribution in [3.63, 3.8) is 0 Å². The van der Waals surface area contributed by atoms with Crippen molar-refractivity contribution >= 4 is 18.0 Å². The van der Waals surface area contributed by atoms with E-state index in [1.807, 2.05) is 36.4 Å². The first kappa shape index (κ1) is 22.8. The van der Waals surface area contributed by atoms with Crippen LogP contribution in [0.25, 0.3) is 11.1 Å². The van der Waals surface area contributed by atoms with E-state index in [2.05, 4.69) is 17.4 Å². The Kier molecular flexibility index (Phi) is 6.65. The fourth-order valence-electron chi connectivity index (χ4n) is 4.82. The summed E-state index contributed by atoms with van der Waals surface area (Å²) in [5, 5.41) is 12.1. The maximum atomic E-state index is 13.1. The molecular weight excluding hydrogens is 422 g/mol. The number of benzene rings is 2. The predicted molar refractivity (Wildman–Crippen MR) is 123 cm³/mol. The van der Waals surface area contributed by atoms with Gasteiger partial charge in [0.15, 0.2) is 0 Å². The van der Waals surface area contributed by atoms with E-state index < -0.39 is 30.1 Å². The van der Waals surface area contributed by atoms with Crippen molar-refractivity contribution in [1.82, 2.24) is 15.1 Å². The van der Waals surface area contributed by atoms with Crippen molar-refractivity contribution in [3.05, 3.63) is 59.7 Å². The lowest BCUT2D eigenvalue weighted by Crippen LogP contribution is -2.55. The lowest BCUT2D eigenvalue weighted by molar-refractivity contribution is -0.149. The molecule has 1 aliphatic heterocycles. The Hall–Kier alpha value is -3.39. The Labute approximate surface area is 193 Å². The highest BCUT2D eigenvalue weighted by Crippen LogP contribution is 2.44. The average Bonchev–Trinajstić information content (AvgIpc) is 3.40. The molecule has 0 spiro atoms. The Balaban J connectivity index is 1.44. The first-order chi connectivity index (χ1) is 15.9. The molecule has 8 heteroatoms. The number of carbonyl (C=O) groups is 3. The minimum Gasteiger partial charge on any atom is -0.480 e. The number of carboxylic acid groups (broad SMARTS) is 1. The Morgan fingerprint density at radius 2 is 1.70 bits per heavy atom. The first-order valence-corrected chi connectivity index (χ1v) is 11.2. The van der Waals surface area contributed by atoms with Gasteiger partial charge in [0, 0.05) is 19.0 Å². The van der Waals surface area contributed by atoms with Crippen molar-refractivity contribution < 1.29 is 24.2 Å². The maximum Gasteiger partial charge on any atom is 0.407 e. The number of carboxylic acids is 1. The van der Waals surface area contributed by atoms with Crippen molar-refractivity contribution in [2.45, 2.75) is 30.8 Å². The van der Waals surface area contributed by atoms with Gasteiger partial charge in [0.2, 0.25) is 5.91 Å². The zero-order valence-electron chi connectivity index (χ0n) is 18.9. The third kappa shape index (κ3) is 4.71. The second-order valence-corrected chi connectivity index (χ2v) is 8.81. The van der Waals surface area contributed by atoms with Gasteiger partial charge in [-0.05, 0) is 49.2 Å². The van der Waals surface area contributed by atoms with Crippen LogP contribution in [-0.4, -0.2) is 78.8 Å². The summed E-state index contributed by atoms with van der Waals surface area (Å²) in [4.78, 5) is 40.4. The highest BCUT2D eigenvalue weighted by molar-refractivity contribution is 5.90. The van der Waals surface area contributed by atoms with Gasteiger partial charge in [0.1, 0.15) is 18.7 Å². The quantitative estimate of drug-likeness (QED) is 0.671. The van der Waals surface area contributed by atoms with Crippen LogP contribution in [0.3, 0.4) is 0 Å². The zero-order chi connectivity index (χ0) is 23.5. The molecule has 1 aliphatic carbocycles. The highest BCUT2D eigenvalue weighted by Gasteiger charge is 2.38. The number of fused-ring (bicyclic) bond motifs is 3. The number of carbonyl (C=O) groups excluding carboxylic acids is 2. The number of likely N-dealkylation sites (tertiary alicyclic amines) is 1. The zero-order valence-corrected chi connectivity index (χ0v) is 18.9. The molecule has 0 bridgehead atoms. The Morgan fingerprint density at radius 3 is 2.27 bits per heavy atom. The molecule has 1 fully saturated rings. The van der Waals surface area contributed by atoms with Crippen LogP contribution in [-0.2, 0) is 14.3 Å². The number of nitrogens with zero attached hydrogens (tertiary/aromatic N) is 2. The van der Waals surface area contributed by atoms with Gasteiger partial charge in [0.05, 0.1) is 0 Å². The van der Waals surface area contributed by atoms with Crippen LogP contribution in [0.2, 0.25) is 0 Å². The van der Waals surface area contributed by atoms with Crippen molar-refractivity contribution in [3.8, 4) is 11.1 Å². The SMILES string of the molecule is CN(C)C[C@H](NC(=O)OCC1c2ccccc2-c2ccccc21)C(=O)N1CCC[C@H]1C(=O)O. The van der Waals surface area contributed by atoms with E-state index in [9.17, 15) is 19.5 Å².